The summed E-state index contributed by atoms with van der Waals surface area (Å²) in [4.78, 5) is 8.16. The first-order valence-corrected chi connectivity index (χ1v) is 8.05. The predicted octanol–water partition coefficient (Wildman–Crippen LogP) is 3.58. The van der Waals surface area contributed by atoms with Crippen LogP contribution in [0.25, 0.3) is 4.96 Å². The molecule has 0 fully saturated rings. The molecule has 0 atom stereocenters. The zero-order valence-electron chi connectivity index (χ0n) is 12.6. The number of anilines is 2. The lowest BCUT2D eigenvalue weighted by Gasteiger charge is -2.22. The normalized spacial score (nSPS) is 11.2. The minimum absolute atomic E-state index is 0.801. The van der Waals surface area contributed by atoms with Crippen molar-refractivity contribution in [1.82, 2.24) is 14.7 Å². The molecule has 0 aliphatic rings. The first-order valence-electron chi connectivity index (χ1n) is 7.17. The maximum atomic E-state index is 4.84. The quantitative estimate of drug-likeness (QED) is 0.781. The predicted molar refractivity (Wildman–Crippen MR) is 89.7 cm³/mol. The lowest BCUT2D eigenvalue weighted by atomic mass is 10.2. The van der Waals surface area contributed by atoms with Crippen LogP contribution in [0.15, 0.2) is 35.8 Å². The molecule has 1 N–H and O–H groups in total. The summed E-state index contributed by atoms with van der Waals surface area (Å²) in [7, 11) is 1.97. The van der Waals surface area contributed by atoms with Crippen molar-refractivity contribution >= 4 is 27.8 Å². The molecular weight excluding hydrogens is 280 g/mol. The van der Waals surface area contributed by atoms with Crippen molar-refractivity contribution in [3.05, 3.63) is 47.1 Å². The number of imidazole rings is 1. The standard InChI is InChI=1S/C16H20N4S/c1-4-19(13-7-5-6-12(2)10-13)15-14(11-17-3)20-8-9-21-16(20)18-15/h5-10,17H,4,11H2,1-3H3. The van der Waals surface area contributed by atoms with Crippen LogP contribution in [-0.2, 0) is 6.54 Å². The molecule has 0 unspecified atom stereocenters. The van der Waals surface area contributed by atoms with E-state index in [2.05, 4.69) is 64.3 Å². The summed E-state index contributed by atoms with van der Waals surface area (Å²) in [5, 5.41) is 5.33. The minimum atomic E-state index is 0.801. The Balaban J connectivity index is 2.12. The van der Waals surface area contributed by atoms with E-state index >= 15 is 0 Å². The highest BCUT2D eigenvalue weighted by atomic mass is 32.1. The molecule has 0 radical (unpaired) electrons. The van der Waals surface area contributed by atoms with Gasteiger partial charge in [0.05, 0.1) is 5.69 Å². The summed E-state index contributed by atoms with van der Waals surface area (Å²) in [6.07, 6.45) is 2.09. The Morgan fingerprint density at radius 1 is 1.38 bits per heavy atom. The van der Waals surface area contributed by atoms with Gasteiger partial charge in [0.1, 0.15) is 0 Å². The molecule has 0 saturated heterocycles. The Morgan fingerprint density at radius 2 is 2.24 bits per heavy atom. The maximum absolute atomic E-state index is 4.84. The van der Waals surface area contributed by atoms with Crippen LogP contribution < -0.4 is 10.2 Å². The van der Waals surface area contributed by atoms with Crippen LogP contribution in [-0.4, -0.2) is 23.0 Å². The highest BCUT2D eigenvalue weighted by molar-refractivity contribution is 7.15. The number of fused-ring (bicyclic) bond motifs is 1. The van der Waals surface area contributed by atoms with E-state index in [1.54, 1.807) is 11.3 Å². The molecule has 0 aliphatic heterocycles. The molecule has 21 heavy (non-hydrogen) atoms. The zero-order chi connectivity index (χ0) is 14.8. The zero-order valence-corrected chi connectivity index (χ0v) is 13.4. The molecule has 0 bridgehead atoms. The van der Waals surface area contributed by atoms with E-state index in [4.69, 9.17) is 4.98 Å². The van der Waals surface area contributed by atoms with Gasteiger partial charge in [-0.1, -0.05) is 12.1 Å². The van der Waals surface area contributed by atoms with Crippen molar-refractivity contribution < 1.29 is 0 Å². The van der Waals surface area contributed by atoms with Gasteiger partial charge in [-0.05, 0) is 38.6 Å². The SMILES string of the molecule is CCN(c1cccc(C)c1)c1nc2sccn2c1CNC. The number of aryl methyl sites for hydroxylation is 1. The summed E-state index contributed by atoms with van der Waals surface area (Å²) in [5.74, 6) is 1.05. The Morgan fingerprint density at radius 3 is 2.95 bits per heavy atom. The van der Waals surface area contributed by atoms with Crippen molar-refractivity contribution in [3.63, 3.8) is 0 Å². The van der Waals surface area contributed by atoms with E-state index in [0.29, 0.717) is 0 Å². The number of hydrogen-bond acceptors (Lipinski definition) is 4. The molecule has 2 heterocycles. The van der Waals surface area contributed by atoms with E-state index in [1.165, 1.54) is 16.9 Å². The monoisotopic (exact) mass is 300 g/mol. The van der Waals surface area contributed by atoms with Crippen molar-refractivity contribution in [2.75, 3.05) is 18.5 Å². The molecule has 0 amide bonds. The average molecular weight is 300 g/mol. The fraction of sp³-hybridized carbons (Fsp3) is 0.312. The summed E-state index contributed by atoms with van der Waals surface area (Å²) in [5.41, 5.74) is 3.67. The van der Waals surface area contributed by atoms with Gasteiger partial charge in [0.2, 0.25) is 0 Å². The number of aromatic nitrogens is 2. The first-order chi connectivity index (χ1) is 10.2. The Hall–Kier alpha value is -1.85. The molecule has 5 heteroatoms. The van der Waals surface area contributed by atoms with E-state index in [9.17, 15) is 0 Å². The topological polar surface area (TPSA) is 32.6 Å². The number of benzene rings is 1. The van der Waals surface area contributed by atoms with Crippen LogP contribution in [0.5, 0.6) is 0 Å². The molecule has 4 nitrogen and oxygen atoms in total. The van der Waals surface area contributed by atoms with Gasteiger partial charge in [-0.2, -0.15) is 0 Å². The highest BCUT2D eigenvalue weighted by Gasteiger charge is 2.18. The maximum Gasteiger partial charge on any atom is 0.195 e. The Kier molecular flexibility index (Phi) is 3.94. The summed E-state index contributed by atoms with van der Waals surface area (Å²) in [6.45, 7) is 5.98. The summed E-state index contributed by atoms with van der Waals surface area (Å²) in [6, 6.07) is 8.58. The van der Waals surface area contributed by atoms with Crippen molar-refractivity contribution in [3.8, 4) is 0 Å². The fourth-order valence-corrected chi connectivity index (χ4v) is 3.35. The van der Waals surface area contributed by atoms with Gasteiger partial charge in [-0.3, -0.25) is 4.40 Å². The van der Waals surface area contributed by atoms with E-state index < -0.39 is 0 Å². The second kappa shape index (κ2) is 5.87. The number of nitrogens with one attached hydrogen (secondary N) is 1. The lowest BCUT2D eigenvalue weighted by Crippen LogP contribution is -2.20. The summed E-state index contributed by atoms with van der Waals surface area (Å²) >= 11 is 1.67. The fourth-order valence-electron chi connectivity index (χ4n) is 2.62. The molecule has 0 spiro atoms. The second-order valence-corrected chi connectivity index (χ2v) is 5.92. The van der Waals surface area contributed by atoms with Crippen LogP contribution in [0.2, 0.25) is 0 Å². The smallest absolute Gasteiger partial charge is 0.195 e. The van der Waals surface area contributed by atoms with Crippen molar-refractivity contribution in [2.45, 2.75) is 20.4 Å². The number of nitrogens with zero attached hydrogens (tertiary/aromatic N) is 3. The van der Waals surface area contributed by atoms with Crippen LogP contribution in [0, 0.1) is 6.92 Å². The Bertz CT molecular complexity index is 744. The van der Waals surface area contributed by atoms with Gasteiger partial charge < -0.3 is 10.2 Å². The van der Waals surface area contributed by atoms with E-state index in [-0.39, 0.29) is 0 Å². The van der Waals surface area contributed by atoms with Crippen molar-refractivity contribution in [2.24, 2.45) is 0 Å². The average Bonchev–Trinajstić information content (AvgIpc) is 3.04. The second-order valence-electron chi connectivity index (χ2n) is 5.05. The molecule has 0 aliphatic carbocycles. The van der Waals surface area contributed by atoms with Crippen LogP contribution in [0.1, 0.15) is 18.2 Å². The molecule has 1 aromatic carbocycles. The van der Waals surface area contributed by atoms with Crippen LogP contribution in [0.4, 0.5) is 11.5 Å². The molecule has 3 rings (SSSR count). The molecule has 3 aromatic rings. The number of thiazole rings is 1. The van der Waals surface area contributed by atoms with Gasteiger partial charge >= 0.3 is 0 Å². The third-order valence-corrected chi connectivity index (χ3v) is 4.33. The number of hydrogen-bond donors (Lipinski definition) is 1. The van der Waals surface area contributed by atoms with Gasteiger partial charge in [0.15, 0.2) is 10.8 Å². The van der Waals surface area contributed by atoms with Gasteiger partial charge in [-0.15, -0.1) is 11.3 Å². The van der Waals surface area contributed by atoms with Gasteiger partial charge in [0.25, 0.3) is 0 Å². The third-order valence-electron chi connectivity index (χ3n) is 3.57. The third kappa shape index (κ3) is 2.54. The van der Waals surface area contributed by atoms with Crippen molar-refractivity contribution in [1.29, 1.82) is 0 Å². The molecule has 2 aromatic heterocycles. The molecule has 110 valence electrons. The largest absolute Gasteiger partial charge is 0.325 e. The molecular formula is C16H20N4S. The van der Waals surface area contributed by atoms with E-state index in [1.807, 2.05) is 7.05 Å². The van der Waals surface area contributed by atoms with Gasteiger partial charge in [0, 0.05) is 30.4 Å². The van der Waals surface area contributed by atoms with Crippen LogP contribution in [0.3, 0.4) is 0 Å². The van der Waals surface area contributed by atoms with Gasteiger partial charge in [-0.25, -0.2) is 4.98 Å². The number of rotatable bonds is 5. The lowest BCUT2D eigenvalue weighted by molar-refractivity contribution is 0.779. The Labute approximate surface area is 129 Å². The first kappa shape index (κ1) is 14.1. The highest BCUT2D eigenvalue weighted by Crippen LogP contribution is 2.30. The van der Waals surface area contributed by atoms with Crippen LogP contribution >= 0.6 is 11.3 Å². The molecule has 0 saturated carbocycles. The summed E-state index contributed by atoms with van der Waals surface area (Å²) < 4.78 is 2.18. The minimum Gasteiger partial charge on any atom is -0.325 e. The van der Waals surface area contributed by atoms with E-state index in [0.717, 1.165) is 23.9 Å².